The summed E-state index contributed by atoms with van der Waals surface area (Å²) in [5.74, 6) is 6.56. The SMILES string of the molecule is C.CC(C)(C)[Si](C)(C)Oc1ccccc1N.COC(=O)c1ccc(CBr)cc1.COC(=O)c1ccc(CSc2nc3ccc(OC)cc3[nH]2)cc1.COc1ccc2[nH]c(=S)[nH]c2c1.COc1ccc2nc(SCc3ccc(C(=O)Nc4ccccc4O)cc3)[nH]c2c1.COc1ccc2nc(SCc3ccc(C(=O)Nc4ccccc4O[Si](C)(C)C(C)(C)C)cc3)[nH]c2c1.COc1ccc2nc(SCc3ccc(C(=O)O)cc3)[nH]c2c1. The van der Waals surface area contributed by atoms with Gasteiger partial charge in [0.25, 0.3) is 28.4 Å². The molecule has 0 aliphatic rings. The van der Waals surface area contributed by atoms with E-state index >= 15 is 0 Å². The summed E-state index contributed by atoms with van der Waals surface area (Å²) in [7, 11) is 7.17. The Morgan fingerprint density at radius 3 is 0.993 bits per heavy atom. The summed E-state index contributed by atoms with van der Waals surface area (Å²) < 4.78 is 48.4. The van der Waals surface area contributed by atoms with Gasteiger partial charge in [0.05, 0.1) is 139 Å². The predicted octanol–water partition coefficient (Wildman–Crippen LogP) is 28.4. The number of imidazole rings is 5. The smallest absolute Gasteiger partial charge is 0.337 e. The fraction of sp³-hybridized carbons (Fsp3) is 0.221. The number of rotatable bonds is 29. The molecule has 0 saturated carbocycles. The minimum Gasteiger partial charge on any atom is -0.542 e. The number of benzene rings is 13. The Hall–Kier alpha value is -14.7. The molecule has 18 rings (SSSR count). The van der Waals surface area contributed by atoms with Crippen molar-refractivity contribution in [2.24, 2.45) is 0 Å². The molecule has 12 N–H and O–H groups in total. The Kier molecular flexibility index (Phi) is 42.0. The second kappa shape index (κ2) is 54.5. The highest BCUT2D eigenvalue weighted by molar-refractivity contribution is 9.08. The van der Waals surface area contributed by atoms with Gasteiger partial charge >= 0.3 is 17.9 Å². The topological polar surface area (TPSA) is 405 Å². The van der Waals surface area contributed by atoms with Gasteiger partial charge in [0.15, 0.2) is 25.4 Å². The van der Waals surface area contributed by atoms with Crippen LogP contribution in [0.2, 0.25) is 36.3 Å². The number of carbonyl (C=O) groups is 5. The molecule has 150 heavy (non-hydrogen) atoms. The number of aromatic amines is 6. The molecule has 37 heteroatoms. The monoisotopic (exact) mass is 2210 g/mol. The van der Waals surface area contributed by atoms with Crippen molar-refractivity contribution in [3.8, 4) is 46.0 Å². The minimum absolute atomic E-state index is 0. The number of amides is 2. The number of halogens is 1. The molecule has 5 heterocycles. The number of phenols is 1. The zero-order chi connectivity index (χ0) is 107. The molecule has 13 aromatic carbocycles. The number of aromatic hydroxyl groups is 1. The van der Waals surface area contributed by atoms with E-state index in [4.69, 9.17) is 55.6 Å². The van der Waals surface area contributed by atoms with E-state index in [0.29, 0.717) is 49.7 Å². The summed E-state index contributed by atoms with van der Waals surface area (Å²) in [6, 6.07) is 87.2. The van der Waals surface area contributed by atoms with Crippen LogP contribution >= 0.6 is 75.2 Å². The second-order valence-electron chi connectivity index (χ2n) is 36.4. The number of nitrogen functional groups attached to an aromatic ring is 1. The van der Waals surface area contributed by atoms with E-state index in [0.717, 1.165) is 172 Å². The third kappa shape index (κ3) is 33.1. The first kappa shape index (κ1) is 116. The molecule has 18 aromatic rings. The van der Waals surface area contributed by atoms with E-state index in [-0.39, 0.29) is 47.0 Å². The summed E-state index contributed by atoms with van der Waals surface area (Å²) in [4.78, 5) is 95.9. The number of nitrogens with zero attached hydrogens (tertiary/aromatic N) is 4. The maximum atomic E-state index is 13.0. The van der Waals surface area contributed by atoms with Gasteiger partial charge in [-0.05, 0) is 234 Å². The van der Waals surface area contributed by atoms with Crippen LogP contribution in [0.15, 0.2) is 306 Å². The molecule has 0 radical (unpaired) electrons. The van der Waals surface area contributed by atoms with Gasteiger partial charge in [-0.3, -0.25) is 9.59 Å². The van der Waals surface area contributed by atoms with Crippen LogP contribution in [0.1, 0.15) is 129 Å². The number of fused-ring (bicyclic) bond motifs is 5. The fourth-order valence-electron chi connectivity index (χ4n) is 13.4. The maximum Gasteiger partial charge on any atom is 0.337 e. The van der Waals surface area contributed by atoms with Crippen molar-refractivity contribution in [2.45, 2.75) is 134 Å². The van der Waals surface area contributed by atoms with Crippen LogP contribution in [-0.4, -0.2) is 156 Å². The summed E-state index contributed by atoms with van der Waals surface area (Å²) in [6.07, 6.45) is 0. The average Bonchev–Trinajstić information content (AvgIpc) is 1.69. The fourth-order valence-corrected chi connectivity index (χ4v) is 19.4. The third-order valence-electron chi connectivity index (χ3n) is 24.0. The number of methoxy groups -OCH3 is 7. The van der Waals surface area contributed by atoms with Gasteiger partial charge in [0.1, 0.15) is 46.0 Å². The average molecular weight is 2220 g/mol. The highest BCUT2D eigenvalue weighted by Crippen LogP contribution is 2.42. The van der Waals surface area contributed by atoms with E-state index in [1.165, 1.54) is 20.3 Å². The van der Waals surface area contributed by atoms with Crippen molar-refractivity contribution in [3.05, 3.63) is 346 Å². The molecule has 0 unspecified atom stereocenters. The number of aromatic carboxylic acids is 1. The summed E-state index contributed by atoms with van der Waals surface area (Å²) >= 11 is 14.7. The van der Waals surface area contributed by atoms with Crippen molar-refractivity contribution in [1.29, 1.82) is 0 Å². The number of anilines is 3. The number of ether oxygens (including phenoxy) is 7. The molecule has 0 fully saturated rings. The Bertz CT molecular complexity index is 7630. The Morgan fingerprint density at radius 1 is 0.367 bits per heavy atom. The number of carbonyl (C=O) groups excluding carboxylic acids is 4. The van der Waals surface area contributed by atoms with Crippen molar-refractivity contribution in [1.82, 2.24) is 49.8 Å². The molecule has 0 aliphatic carbocycles. The van der Waals surface area contributed by atoms with Crippen LogP contribution in [0.25, 0.3) is 55.2 Å². The van der Waals surface area contributed by atoms with Crippen LogP contribution in [0.3, 0.4) is 0 Å². The van der Waals surface area contributed by atoms with Crippen LogP contribution in [-0.2, 0) is 37.8 Å². The largest absolute Gasteiger partial charge is 0.542 e. The van der Waals surface area contributed by atoms with Crippen LogP contribution in [0, 0.1) is 4.77 Å². The van der Waals surface area contributed by atoms with Crippen molar-refractivity contribution in [2.75, 3.05) is 66.1 Å². The van der Waals surface area contributed by atoms with Gasteiger partial charge < -0.3 is 98.5 Å². The molecular formula is C113H124BrN13O16S5Si2. The standard InChI is InChI=1S/C28H33N3O3SSi.C22H19N3O3S.C17H16N2O3S.C16H14N2O3S.C12H21NOSi.C9H9BrO2.C8H8N2OS.CH4/c1-28(2,3)36(5,6)34-25-10-8-7-9-23(25)29-26(32)20-13-11-19(12-14-20)18-35-27-30-22-16-15-21(33-4)17-24(22)31-27;1-28-16-10-11-17-19(12-16)25-22(24-17)29-13-14-6-8-15(9-7-14)21(27)23-18-4-2-3-5-20(18)26;1-21-13-7-8-14-15(9-13)19-17(18-14)23-10-11-3-5-12(6-4-11)16(20)22-2;1-21-12-6-7-13-14(8-12)18-16(17-13)22-9-10-2-4-11(5-3-10)15(19)20;1-12(2,3)15(4,5)14-11-9-7-6-8-10(11)13;1-12-9(11)8-4-2-7(6-10)3-5-8;1-11-5-2-3-6-7(4-5)10-8(12)9-6;/h7-17H,18H2,1-6H3,(H,29,32)(H,30,31);2-12,26H,13H2,1H3,(H,23,27)(H,24,25);3-9H,10H2,1-2H3,(H,18,19);2-8H,9H2,1H3,(H,17,18)(H,19,20);6-9H,13H2,1-5H3;2-5H,6H2,1H3;2-4H,1H3,(H2,9,10,12);1H4. The lowest BCUT2D eigenvalue weighted by molar-refractivity contribution is 0.0592. The van der Waals surface area contributed by atoms with Crippen molar-refractivity contribution in [3.63, 3.8) is 0 Å². The number of carboxylic acid groups (broad SMARTS) is 1. The molecule has 2 amide bonds. The molecule has 782 valence electrons. The van der Waals surface area contributed by atoms with E-state index in [1.807, 2.05) is 212 Å². The first-order chi connectivity index (χ1) is 71.3. The lowest BCUT2D eigenvalue weighted by Gasteiger charge is -2.37. The predicted molar refractivity (Wildman–Crippen MR) is 617 cm³/mol. The molecule has 0 spiro atoms. The highest BCUT2D eigenvalue weighted by Gasteiger charge is 2.41. The van der Waals surface area contributed by atoms with E-state index in [1.54, 1.807) is 149 Å². The Morgan fingerprint density at radius 2 is 0.660 bits per heavy atom. The molecular weight excluding hydrogens is 2090 g/mol. The second-order valence-corrected chi connectivity index (χ2v) is 50.7. The molecule has 0 atom stereocenters. The molecule has 5 aromatic heterocycles. The highest BCUT2D eigenvalue weighted by atomic mass is 79.9. The zero-order valence-electron chi connectivity index (χ0n) is 85.6. The van der Waals surface area contributed by atoms with Gasteiger partial charge in [0, 0.05) is 69.8 Å². The van der Waals surface area contributed by atoms with E-state index < -0.39 is 22.6 Å². The number of esters is 2. The van der Waals surface area contributed by atoms with Gasteiger partial charge in [-0.25, -0.2) is 34.3 Å². The van der Waals surface area contributed by atoms with E-state index in [2.05, 4.69) is 154 Å². The number of phenolic OH excluding ortho intramolecular Hbond substituents is 1. The summed E-state index contributed by atoms with van der Waals surface area (Å²) in [5.41, 5.74) is 25.1. The van der Waals surface area contributed by atoms with Gasteiger partial charge in [-0.1, -0.05) is 209 Å². The third-order valence-corrected chi connectivity index (χ3v) is 37.3. The number of hydrogen-bond acceptors (Lipinski definition) is 25. The van der Waals surface area contributed by atoms with Crippen molar-refractivity contribution >= 4 is 194 Å². The number of carboxylic acids is 1. The molecule has 0 aliphatic heterocycles. The first-order valence-electron chi connectivity index (χ1n) is 46.9. The lowest BCUT2D eigenvalue weighted by atomic mass is 10.1. The Labute approximate surface area is 904 Å². The molecule has 0 saturated heterocycles. The number of aromatic nitrogens is 10. The van der Waals surface area contributed by atoms with Gasteiger partial charge in [0.2, 0.25) is 0 Å². The number of alkyl halides is 1. The first-order valence-corrected chi connectivity index (χ1v) is 58.2. The maximum absolute atomic E-state index is 13.0. The van der Waals surface area contributed by atoms with E-state index in [9.17, 15) is 29.1 Å². The lowest BCUT2D eigenvalue weighted by Crippen LogP contribution is -2.44. The number of H-pyrrole nitrogens is 6. The number of thioether (sulfide) groups is 4. The number of hydrogen-bond donors (Lipinski definition) is 11. The van der Waals surface area contributed by atoms with Crippen LogP contribution in [0.4, 0.5) is 17.1 Å². The quantitative estimate of drug-likeness (QED) is 0.00394. The van der Waals surface area contributed by atoms with Gasteiger partial charge in [-0.2, -0.15) is 0 Å². The summed E-state index contributed by atoms with van der Waals surface area (Å²) in [5, 5.41) is 28.8. The van der Waals surface area contributed by atoms with Crippen LogP contribution < -0.4 is 48.9 Å². The number of nitrogens with one attached hydrogen (secondary N) is 8. The Balaban J connectivity index is 0.000000171. The van der Waals surface area contributed by atoms with Crippen molar-refractivity contribution < 1.29 is 76.2 Å². The zero-order valence-corrected chi connectivity index (χ0v) is 93.2. The van der Waals surface area contributed by atoms with Gasteiger partial charge in [-0.15, -0.1) is 0 Å². The number of nitrogens with two attached hydrogens (primary N) is 1. The molecule has 0 bridgehead atoms. The normalized spacial score (nSPS) is 11.0. The minimum atomic E-state index is -2.04. The van der Waals surface area contributed by atoms with Crippen LogP contribution in [0.5, 0.6) is 46.0 Å². The molecule has 29 nitrogen and oxygen atoms in total. The summed E-state index contributed by atoms with van der Waals surface area (Å²) in [6.45, 7) is 22.1. The number of para-hydroxylation sites is 6.